The molecule has 3 heterocycles. The van der Waals surface area contributed by atoms with Gasteiger partial charge < -0.3 is 10.2 Å². The Morgan fingerprint density at radius 1 is 1.16 bits per heavy atom. The van der Waals surface area contributed by atoms with E-state index >= 15 is 0 Å². The van der Waals surface area contributed by atoms with Gasteiger partial charge in [-0.3, -0.25) is 9.59 Å². The number of rotatable bonds is 7. The van der Waals surface area contributed by atoms with Gasteiger partial charge >= 0.3 is 0 Å². The van der Waals surface area contributed by atoms with Crippen LogP contribution >= 0.6 is 11.6 Å². The summed E-state index contributed by atoms with van der Waals surface area (Å²) in [6, 6.07) is 5.26. The van der Waals surface area contributed by atoms with Crippen molar-refractivity contribution in [1.82, 2.24) is 18.8 Å². The van der Waals surface area contributed by atoms with Gasteiger partial charge in [-0.2, -0.15) is 22.3 Å². The normalized spacial score (nSPS) is 23.9. The summed E-state index contributed by atoms with van der Waals surface area (Å²) < 4.78 is 55.4. The van der Waals surface area contributed by atoms with E-state index in [9.17, 15) is 26.8 Å². The van der Waals surface area contributed by atoms with Crippen molar-refractivity contribution in [3.05, 3.63) is 34.3 Å². The van der Waals surface area contributed by atoms with Gasteiger partial charge in [-0.25, -0.2) is 8.78 Å². The summed E-state index contributed by atoms with van der Waals surface area (Å²) >= 11 is 6.14. The zero-order valence-electron chi connectivity index (χ0n) is 20.5. The number of amides is 2. The number of hydrogen-bond donors (Lipinski definition) is 1. The maximum atomic E-state index is 13.5. The van der Waals surface area contributed by atoms with Gasteiger partial charge in [0.2, 0.25) is 11.8 Å². The van der Waals surface area contributed by atoms with E-state index in [4.69, 9.17) is 16.9 Å². The fraction of sp³-hybridized carbons (Fsp3) is 0.625. The smallest absolute Gasteiger partial charge is 0.282 e. The largest absolute Gasteiger partial charge is 0.350 e. The van der Waals surface area contributed by atoms with Crippen LogP contribution in [0.3, 0.4) is 0 Å². The van der Waals surface area contributed by atoms with Gasteiger partial charge in [0, 0.05) is 56.8 Å². The molecule has 0 aromatic heterocycles. The minimum Gasteiger partial charge on any atom is -0.350 e. The highest BCUT2D eigenvalue weighted by Crippen LogP contribution is 2.31. The first kappa shape index (κ1) is 27.7. The van der Waals surface area contributed by atoms with Crippen molar-refractivity contribution < 1.29 is 26.8 Å². The fourth-order valence-corrected chi connectivity index (χ4v) is 7.07. The zero-order valence-corrected chi connectivity index (χ0v) is 22.1. The molecule has 1 aromatic rings. The van der Waals surface area contributed by atoms with E-state index in [-0.39, 0.29) is 54.5 Å². The van der Waals surface area contributed by atoms with E-state index in [1.165, 1.54) is 31.7 Å². The summed E-state index contributed by atoms with van der Waals surface area (Å²) in [4.78, 5) is 27.9. The highest BCUT2D eigenvalue weighted by Gasteiger charge is 2.44. The van der Waals surface area contributed by atoms with Gasteiger partial charge in [0.1, 0.15) is 6.04 Å². The lowest BCUT2D eigenvalue weighted by Crippen LogP contribution is -2.57. The lowest BCUT2D eigenvalue weighted by Gasteiger charge is -2.41. The van der Waals surface area contributed by atoms with Gasteiger partial charge in [0.15, 0.2) is 0 Å². The van der Waals surface area contributed by atoms with Crippen LogP contribution in [0.2, 0.25) is 5.02 Å². The zero-order chi connectivity index (χ0) is 27.0. The Morgan fingerprint density at radius 2 is 1.86 bits per heavy atom. The lowest BCUT2D eigenvalue weighted by molar-refractivity contribution is -0.142. The molecule has 0 saturated carbocycles. The van der Waals surface area contributed by atoms with Gasteiger partial charge in [-0.15, -0.1) is 0 Å². The second-order valence-corrected chi connectivity index (χ2v) is 12.3. The summed E-state index contributed by atoms with van der Waals surface area (Å²) in [5.41, 5.74) is 0.263. The van der Waals surface area contributed by atoms with Crippen molar-refractivity contribution in [2.45, 2.75) is 51.1 Å². The van der Waals surface area contributed by atoms with Crippen molar-refractivity contribution >= 4 is 33.6 Å². The first-order valence-corrected chi connectivity index (χ1v) is 14.1. The summed E-state index contributed by atoms with van der Waals surface area (Å²) in [6.45, 7) is 1.89. The Bertz CT molecular complexity index is 1200. The second kappa shape index (κ2) is 10.8. The maximum absolute atomic E-state index is 13.5. The molecule has 0 aliphatic carbocycles. The number of nitrogens with one attached hydrogen (secondary N) is 1. The number of piperidine rings is 1. The molecule has 1 aromatic carbocycles. The van der Waals surface area contributed by atoms with Gasteiger partial charge in [0.05, 0.1) is 17.9 Å². The number of alkyl halides is 2. The molecule has 3 saturated heterocycles. The lowest BCUT2D eigenvalue weighted by atomic mass is 9.97. The fourth-order valence-electron chi connectivity index (χ4n) is 5.03. The van der Waals surface area contributed by atoms with Crippen molar-refractivity contribution in [2.24, 2.45) is 11.8 Å². The molecule has 1 N–H and O–H groups in total. The molecule has 0 unspecified atom stereocenters. The quantitative estimate of drug-likeness (QED) is 0.553. The molecule has 3 fully saturated rings. The second-order valence-electron chi connectivity index (χ2n) is 9.95. The number of benzene rings is 1. The van der Waals surface area contributed by atoms with Gasteiger partial charge in [0.25, 0.3) is 16.1 Å². The Balaban J connectivity index is 1.36. The average molecular weight is 558 g/mol. The van der Waals surface area contributed by atoms with Crippen LogP contribution in [0.1, 0.15) is 43.7 Å². The van der Waals surface area contributed by atoms with Crippen molar-refractivity contribution in [1.29, 1.82) is 5.26 Å². The van der Waals surface area contributed by atoms with Crippen LogP contribution in [0.25, 0.3) is 0 Å². The van der Waals surface area contributed by atoms with E-state index < -0.39 is 28.1 Å². The molecule has 9 nitrogen and oxygen atoms in total. The van der Waals surface area contributed by atoms with E-state index in [1.54, 1.807) is 0 Å². The van der Waals surface area contributed by atoms with E-state index in [0.717, 1.165) is 6.92 Å². The minimum absolute atomic E-state index is 0.0285. The predicted octanol–water partition coefficient (Wildman–Crippen LogP) is 2.47. The van der Waals surface area contributed by atoms with Gasteiger partial charge in [-0.05, 0) is 37.3 Å². The highest BCUT2D eigenvalue weighted by atomic mass is 35.5. The molecule has 37 heavy (non-hydrogen) atoms. The average Bonchev–Trinajstić information content (AvgIpc) is 3.31. The number of carbonyl (C=O) groups excluding carboxylic acids is 2. The Kier molecular flexibility index (Phi) is 8.09. The molecule has 3 aliphatic rings. The Hall–Kier alpha value is -2.33. The van der Waals surface area contributed by atoms with Crippen LogP contribution < -0.4 is 5.32 Å². The molecule has 13 heteroatoms. The molecule has 2 atom stereocenters. The highest BCUT2D eigenvalue weighted by molar-refractivity contribution is 7.86. The molecule has 0 spiro atoms. The summed E-state index contributed by atoms with van der Waals surface area (Å²) in [5.74, 6) is -4.50. The first-order chi connectivity index (χ1) is 17.4. The van der Waals surface area contributed by atoms with E-state index in [0.29, 0.717) is 44.3 Å². The first-order valence-electron chi connectivity index (χ1n) is 12.3. The number of likely N-dealkylation sites (tertiary alicyclic amines) is 1. The maximum Gasteiger partial charge on any atom is 0.282 e. The summed E-state index contributed by atoms with van der Waals surface area (Å²) in [7, 11) is -3.74. The Labute approximate surface area is 220 Å². The number of nitrogens with zero attached hydrogens (tertiary/aromatic N) is 4. The predicted molar refractivity (Wildman–Crippen MR) is 131 cm³/mol. The van der Waals surface area contributed by atoms with E-state index in [1.807, 2.05) is 0 Å². The molecule has 2 amide bonds. The molecule has 202 valence electrons. The standard InChI is InChI=1S/C24H30ClF2N5O4S/c1-24(26,27)19-7-6-17(20(25)10-19)12-29-22(33)21-5-3-9-32(21)23(34)18-4-2-8-30(15-18)37(35,36)31-13-16(11-28)14-31/h6-7,10,16,18,21H,2-5,8-9,12-15H2,1H3,(H,29,33)/t18-,21+/m0/s1. The van der Waals surface area contributed by atoms with Crippen LogP contribution in [0, 0.1) is 23.2 Å². The SMILES string of the molecule is CC(F)(F)c1ccc(CNC(=O)[C@H]2CCCN2C(=O)[C@H]2CCCN(S(=O)(=O)N3CC(C#N)C3)C2)c(Cl)c1. The van der Waals surface area contributed by atoms with E-state index in [2.05, 4.69) is 11.4 Å². The third kappa shape index (κ3) is 5.90. The summed E-state index contributed by atoms with van der Waals surface area (Å²) in [5, 5.41) is 11.8. The number of carbonyl (C=O) groups is 2. The van der Waals surface area contributed by atoms with Crippen molar-refractivity contribution in [3.8, 4) is 6.07 Å². The Morgan fingerprint density at radius 3 is 2.51 bits per heavy atom. The monoisotopic (exact) mass is 557 g/mol. The molecule has 0 bridgehead atoms. The van der Waals surface area contributed by atoms with Crippen LogP contribution in [0.4, 0.5) is 8.78 Å². The third-order valence-corrected chi connectivity index (χ3v) is 9.55. The van der Waals surface area contributed by atoms with Crippen LogP contribution in [0.5, 0.6) is 0 Å². The van der Waals surface area contributed by atoms with Crippen LogP contribution in [-0.2, 0) is 32.3 Å². The topological polar surface area (TPSA) is 114 Å². The van der Waals surface area contributed by atoms with Gasteiger partial charge in [-0.1, -0.05) is 23.7 Å². The summed E-state index contributed by atoms with van der Waals surface area (Å²) in [6.07, 6.45) is 2.18. The third-order valence-electron chi connectivity index (χ3n) is 7.27. The van der Waals surface area contributed by atoms with Crippen molar-refractivity contribution in [3.63, 3.8) is 0 Å². The van der Waals surface area contributed by atoms with Crippen LogP contribution in [-0.4, -0.2) is 72.5 Å². The minimum atomic E-state index is -3.74. The van der Waals surface area contributed by atoms with Crippen LogP contribution in [0.15, 0.2) is 18.2 Å². The molecule has 4 rings (SSSR count). The van der Waals surface area contributed by atoms with Crippen molar-refractivity contribution in [2.75, 3.05) is 32.7 Å². The molecule has 0 radical (unpaired) electrons. The molecular weight excluding hydrogens is 528 g/mol. The number of halogens is 3. The number of nitriles is 1. The number of hydrogen-bond acceptors (Lipinski definition) is 5. The molecule has 3 aliphatic heterocycles. The molecular formula is C24H30ClF2N5O4S.